The number of halogens is 1. The number of aromatic nitrogens is 2. The van der Waals surface area contributed by atoms with Crippen LogP contribution >= 0.6 is 11.6 Å². The summed E-state index contributed by atoms with van der Waals surface area (Å²) in [6, 6.07) is 10.8. The molecular formula is C19H17ClN2O3. The van der Waals surface area contributed by atoms with Gasteiger partial charge >= 0.3 is 0 Å². The first-order chi connectivity index (χ1) is 12.0. The third kappa shape index (κ3) is 4.19. The maximum absolute atomic E-state index is 12.2. The van der Waals surface area contributed by atoms with Crippen molar-refractivity contribution in [1.82, 2.24) is 9.78 Å². The van der Waals surface area contributed by atoms with Crippen molar-refractivity contribution in [2.75, 3.05) is 0 Å². The molecule has 6 heteroatoms. The highest BCUT2D eigenvalue weighted by Crippen LogP contribution is 2.19. The first-order valence-corrected chi connectivity index (χ1v) is 8.09. The summed E-state index contributed by atoms with van der Waals surface area (Å²) in [5.74, 6) is 1.80. The Morgan fingerprint density at radius 3 is 2.92 bits per heavy atom. The van der Waals surface area contributed by atoms with Crippen molar-refractivity contribution in [3.8, 4) is 5.75 Å². The molecular weight excluding hydrogens is 340 g/mol. The molecule has 2 heterocycles. The summed E-state index contributed by atoms with van der Waals surface area (Å²) in [4.78, 5) is 12.2. The minimum atomic E-state index is -0.112. The van der Waals surface area contributed by atoms with Gasteiger partial charge in [0, 0.05) is 17.8 Å². The molecule has 0 radical (unpaired) electrons. The van der Waals surface area contributed by atoms with E-state index in [1.165, 1.54) is 6.08 Å². The highest BCUT2D eigenvalue weighted by atomic mass is 35.5. The number of nitrogens with zero attached hydrogens (tertiary/aromatic N) is 2. The molecule has 0 N–H and O–H groups in total. The number of benzene rings is 1. The molecule has 0 fully saturated rings. The molecule has 2 aromatic heterocycles. The van der Waals surface area contributed by atoms with E-state index in [1.54, 1.807) is 42.2 Å². The van der Waals surface area contributed by atoms with E-state index in [9.17, 15) is 4.79 Å². The molecule has 0 saturated carbocycles. The summed E-state index contributed by atoms with van der Waals surface area (Å²) in [5, 5.41) is 4.68. The van der Waals surface area contributed by atoms with Gasteiger partial charge in [-0.15, -0.1) is 0 Å². The zero-order valence-corrected chi connectivity index (χ0v) is 14.7. The van der Waals surface area contributed by atoms with Gasteiger partial charge in [0.15, 0.2) is 5.78 Å². The molecule has 0 aliphatic rings. The van der Waals surface area contributed by atoms with E-state index in [1.807, 2.05) is 25.1 Å². The minimum absolute atomic E-state index is 0.112. The minimum Gasteiger partial charge on any atom is -0.486 e. The first-order valence-electron chi connectivity index (χ1n) is 7.71. The molecule has 25 heavy (non-hydrogen) atoms. The second-order valence-corrected chi connectivity index (χ2v) is 5.95. The van der Waals surface area contributed by atoms with Crippen LogP contribution in [-0.4, -0.2) is 15.6 Å². The van der Waals surface area contributed by atoms with E-state index in [0.717, 1.165) is 5.69 Å². The maximum atomic E-state index is 12.2. The fourth-order valence-electron chi connectivity index (χ4n) is 2.26. The topological polar surface area (TPSA) is 57.3 Å². The van der Waals surface area contributed by atoms with Gasteiger partial charge in [-0.3, -0.25) is 9.48 Å². The summed E-state index contributed by atoms with van der Waals surface area (Å²) >= 11 is 5.91. The van der Waals surface area contributed by atoms with Crippen LogP contribution in [0.1, 0.15) is 27.6 Å². The fraction of sp³-hybridized carbons (Fsp3) is 0.158. The lowest BCUT2D eigenvalue weighted by Crippen LogP contribution is -1.98. The average molecular weight is 357 g/mol. The molecule has 0 saturated heterocycles. The van der Waals surface area contributed by atoms with E-state index < -0.39 is 0 Å². The molecule has 3 rings (SSSR count). The monoisotopic (exact) mass is 356 g/mol. The second kappa shape index (κ2) is 7.40. The standard InChI is InChI=1S/C19H17ClN2O3/c1-13-18(11-21-22(13)2)19(23)9-8-15-6-7-17(25-15)12-24-16-5-3-4-14(20)10-16/h3-11H,12H2,1-2H3. The van der Waals surface area contributed by atoms with Gasteiger partial charge in [0.05, 0.1) is 11.8 Å². The Morgan fingerprint density at radius 2 is 2.20 bits per heavy atom. The van der Waals surface area contributed by atoms with Gasteiger partial charge in [-0.2, -0.15) is 5.10 Å². The van der Waals surface area contributed by atoms with Crippen molar-refractivity contribution < 1.29 is 13.9 Å². The zero-order valence-electron chi connectivity index (χ0n) is 13.9. The van der Waals surface area contributed by atoms with Crippen LogP contribution in [-0.2, 0) is 13.7 Å². The van der Waals surface area contributed by atoms with Crippen LogP contribution in [0.15, 0.2) is 53.1 Å². The molecule has 5 nitrogen and oxygen atoms in total. The zero-order chi connectivity index (χ0) is 17.8. The van der Waals surface area contributed by atoms with Crippen LogP contribution in [0, 0.1) is 6.92 Å². The Morgan fingerprint density at radius 1 is 1.36 bits per heavy atom. The number of furan rings is 1. The fourth-order valence-corrected chi connectivity index (χ4v) is 2.44. The lowest BCUT2D eigenvalue weighted by atomic mass is 10.1. The largest absolute Gasteiger partial charge is 0.486 e. The lowest BCUT2D eigenvalue weighted by molar-refractivity contribution is 0.104. The second-order valence-electron chi connectivity index (χ2n) is 5.51. The van der Waals surface area contributed by atoms with E-state index in [-0.39, 0.29) is 12.4 Å². The predicted molar refractivity (Wildman–Crippen MR) is 95.8 cm³/mol. The normalized spacial score (nSPS) is 11.2. The SMILES string of the molecule is Cc1c(C(=O)C=Cc2ccc(COc3cccc(Cl)c3)o2)cnn1C. The lowest BCUT2D eigenvalue weighted by Gasteiger charge is -2.03. The molecule has 0 aliphatic carbocycles. The first kappa shape index (κ1) is 17.0. The summed E-state index contributed by atoms with van der Waals surface area (Å²) < 4.78 is 12.9. The molecule has 0 amide bonds. The van der Waals surface area contributed by atoms with E-state index in [0.29, 0.717) is 27.9 Å². The van der Waals surface area contributed by atoms with Crippen molar-refractivity contribution in [2.45, 2.75) is 13.5 Å². The number of carbonyl (C=O) groups is 1. The van der Waals surface area contributed by atoms with Gasteiger partial charge in [-0.25, -0.2) is 0 Å². The van der Waals surface area contributed by atoms with E-state index >= 15 is 0 Å². The van der Waals surface area contributed by atoms with Crippen molar-refractivity contribution in [3.05, 3.63) is 76.5 Å². The number of hydrogen-bond donors (Lipinski definition) is 0. The molecule has 0 spiro atoms. The molecule has 3 aromatic rings. The summed E-state index contributed by atoms with van der Waals surface area (Å²) in [7, 11) is 1.80. The third-order valence-corrected chi connectivity index (χ3v) is 3.99. The number of allylic oxidation sites excluding steroid dienone is 1. The van der Waals surface area contributed by atoms with Crippen LogP contribution in [0.3, 0.4) is 0 Å². The quantitative estimate of drug-likeness (QED) is 0.483. The molecule has 0 atom stereocenters. The number of carbonyl (C=O) groups excluding carboxylic acids is 1. The molecule has 128 valence electrons. The van der Waals surface area contributed by atoms with Crippen molar-refractivity contribution in [3.63, 3.8) is 0 Å². The van der Waals surface area contributed by atoms with E-state index in [2.05, 4.69) is 5.10 Å². The van der Waals surface area contributed by atoms with E-state index in [4.69, 9.17) is 20.8 Å². The van der Waals surface area contributed by atoms with Crippen LogP contribution < -0.4 is 4.74 Å². The van der Waals surface area contributed by atoms with Crippen molar-refractivity contribution in [2.24, 2.45) is 7.05 Å². The predicted octanol–water partition coefficient (Wildman–Crippen LogP) is 4.45. The van der Waals surface area contributed by atoms with Crippen LogP contribution in [0.2, 0.25) is 5.02 Å². The van der Waals surface area contributed by atoms with Crippen LogP contribution in [0.5, 0.6) is 5.75 Å². The van der Waals surface area contributed by atoms with Crippen molar-refractivity contribution in [1.29, 1.82) is 0 Å². The summed E-state index contributed by atoms with van der Waals surface area (Å²) in [6.07, 6.45) is 4.68. The van der Waals surface area contributed by atoms with Crippen LogP contribution in [0.25, 0.3) is 6.08 Å². The van der Waals surface area contributed by atoms with Gasteiger partial charge in [0.25, 0.3) is 0 Å². The Balaban J connectivity index is 1.61. The molecule has 1 aromatic carbocycles. The number of rotatable bonds is 6. The molecule has 0 bridgehead atoms. The molecule has 0 aliphatic heterocycles. The summed E-state index contributed by atoms with van der Waals surface area (Å²) in [5.41, 5.74) is 1.40. The summed E-state index contributed by atoms with van der Waals surface area (Å²) in [6.45, 7) is 2.14. The van der Waals surface area contributed by atoms with Gasteiger partial charge in [-0.05, 0) is 49.4 Å². The number of ketones is 1. The third-order valence-electron chi connectivity index (χ3n) is 3.76. The van der Waals surface area contributed by atoms with Crippen LogP contribution in [0.4, 0.5) is 0 Å². The smallest absolute Gasteiger partial charge is 0.189 e. The number of aryl methyl sites for hydroxylation is 1. The maximum Gasteiger partial charge on any atom is 0.189 e. The Labute approximate surface area is 150 Å². The highest BCUT2D eigenvalue weighted by Gasteiger charge is 2.10. The van der Waals surface area contributed by atoms with Gasteiger partial charge in [-0.1, -0.05) is 17.7 Å². The Kier molecular flexibility index (Phi) is 5.05. The average Bonchev–Trinajstić information content (AvgIpc) is 3.18. The van der Waals surface area contributed by atoms with Gasteiger partial charge in [0.2, 0.25) is 0 Å². The number of ether oxygens (including phenoxy) is 1. The highest BCUT2D eigenvalue weighted by molar-refractivity contribution is 6.30. The van der Waals surface area contributed by atoms with Crippen molar-refractivity contribution >= 4 is 23.5 Å². The Bertz CT molecular complexity index is 924. The van der Waals surface area contributed by atoms with Gasteiger partial charge < -0.3 is 9.15 Å². The van der Waals surface area contributed by atoms with Gasteiger partial charge in [0.1, 0.15) is 23.9 Å². The molecule has 0 unspecified atom stereocenters. The Hall–Kier alpha value is -2.79. The number of hydrogen-bond acceptors (Lipinski definition) is 4.